The van der Waals surface area contributed by atoms with Gasteiger partial charge in [-0.2, -0.15) is 5.10 Å². The molecule has 1 aliphatic carbocycles. The van der Waals surface area contributed by atoms with Gasteiger partial charge in [0.2, 0.25) is 0 Å². The summed E-state index contributed by atoms with van der Waals surface area (Å²) in [7, 11) is 0. The molecule has 1 amide bonds. The predicted octanol–water partition coefficient (Wildman–Crippen LogP) is 2.59. The van der Waals surface area contributed by atoms with Gasteiger partial charge in [0, 0.05) is 11.8 Å². The lowest BCUT2D eigenvalue weighted by Crippen LogP contribution is -2.18. The fourth-order valence-corrected chi connectivity index (χ4v) is 1.96. The number of nitrogens with one attached hydrogen (secondary N) is 1. The quantitative estimate of drug-likeness (QED) is 0.612. The van der Waals surface area contributed by atoms with E-state index >= 15 is 0 Å². The maximum absolute atomic E-state index is 11.6. The highest BCUT2D eigenvalue weighted by molar-refractivity contribution is 5.94. The first kappa shape index (κ1) is 10.9. The van der Waals surface area contributed by atoms with Gasteiger partial charge in [-0.15, -0.1) is 0 Å². The Morgan fingerprint density at radius 3 is 2.62 bits per heavy atom. The minimum Gasteiger partial charge on any atom is -0.267 e. The lowest BCUT2D eigenvalue weighted by atomic mass is 10.1. The summed E-state index contributed by atoms with van der Waals surface area (Å²) in [4.78, 5) is 11.6. The molecule has 3 heteroatoms. The molecule has 1 aromatic rings. The van der Waals surface area contributed by atoms with Gasteiger partial charge in [-0.05, 0) is 30.9 Å². The molecule has 1 N–H and O–H groups in total. The molecule has 0 radical (unpaired) electrons. The van der Waals surface area contributed by atoms with Gasteiger partial charge >= 0.3 is 0 Å². The topological polar surface area (TPSA) is 41.5 Å². The number of carbonyl (C=O) groups excluding carboxylic acids is 1. The van der Waals surface area contributed by atoms with Gasteiger partial charge in [-0.25, -0.2) is 5.43 Å². The van der Waals surface area contributed by atoms with E-state index in [2.05, 4.69) is 10.5 Å². The number of benzene rings is 1. The Morgan fingerprint density at radius 2 is 1.94 bits per heavy atom. The molecule has 1 saturated carbocycles. The summed E-state index contributed by atoms with van der Waals surface area (Å²) in [6.45, 7) is 0. The molecule has 0 spiro atoms. The largest absolute Gasteiger partial charge is 0.271 e. The molecule has 2 rings (SSSR count). The van der Waals surface area contributed by atoms with E-state index in [0.717, 1.165) is 0 Å². The third-order valence-corrected chi connectivity index (χ3v) is 2.89. The van der Waals surface area contributed by atoms with Crippen molar-refractivity contribution in [2.45, 2.75) is 25.7 Å². The molecule has 3 nitrogen and oxygen atoms in total. The standard InChI is InChI=1S/C13H16N2O/c16-13(12-8-2-1-3-9-12)15-14-10-11-6-4-5-7-11/h1-3,8-11H,4-7H2,(H,15,16). The summed E-state index contributed by atoms with van der Waals surface area (Å²) >= 11 is 0. The first-order valence-electron chi connectivity index (χ1n) is 5.75. The second-order valence-corrected chi connectivity index (χ2v) is 4.13. The maximum atomic E-state index is 11.6. The van der Waals surface area contributed by atoms with E-state index < -0.39 is 0 Å². The van der Waals surface area contributed by atoms with Crippen molar-refractivity contribution >= 4 is 12.1 Å². The van der Waals surface area contributed by atoms with Crippen molar-refractivity contribution in [3.63, 3.8) is 0 Å². The lowest BCUT2D eigenvalue weighted by molar-refractivity contribution is 0.0955. The Balaban J connectivity index is 1.83. The smallest absolute Gasteiger partial charge is 0.267 e. The van der Waals surface area contributed by atoms with Gasteiger partial charge in [0.05, 0.1) is 0 Å². The van der Waals surface area contributed by atoms with Crippen molar-refractivity contribution in [2.75, 3.05) is 0 Å². The van der Waals surface area contributed by atoms with Crippen LogP contribution < -0.4 is 5.43 Å². The van der Waals surface area contributed by atoms with Crippen LogP contribution in [0.2, 0.25) is 0 Å². The zero-order valence-electron chi connectivity index (χ0n) is 9.23. The highest BCUT2D eigenvalue weighted by Gasteiger charge is 2.12. The average Bonchev–Trinajstić information content (AvgIpc) is 2.83. The molecular weight excluding hydrogens is 200 g/mol. The number of nitrogens with zero attached hydrogens (tertiary/aromatic N) is 1. The maximum Gasteiger partial charge on any atom is 0.271 e. The Kier molecular flexibility index (Phi) is 3.70. The number of amides is 1. The van der Waals surface area contributed by atoms with Crippen molar-refractivity contribution in [1.82, 2.24) is 5.43 Å². The van der Waals surface area contributed by atoms with Crippen LogP contribution in [-0.2, 0) is 0 Å². The van der Waals surface area contributed by atoms with Crippen molar-refractivity contribution in [3.8, 4) is 0 Å². The monoisotopic (exact) mass is 216 g/mol. The summed E-state index contributed by atoms with van der Waals surface area (Å²) in [6, 6.07) is 9.13. The Labute approximate surface area is 95.6 Å². The van der Waals surface area contributed by atoms with Crippen molar-refractivity contribution < 1.29 is 4.79 Å². The van der Waals surface area contributed by atoms with Gasteiger partial charge in [0.15, 0.2) is 0 Å². The van der Waals surface area contributed by atoms with Gasteiger partial charge in [0.25, 0.3) is 5.91 Å². The molecule has 0 aliphatic heterocycles. The van der Waals surface area contributed by atoms with Crippen molar-refractivity contribution in [2.24, 2.45) is 11.0 Å². The lowest BCUT2D eigenvalue weighted by Gasteiger charge is -2.01. The van der Waals surface area contributed by atoms with E-state index in [9.17, 15) is 4.79 Å². The summed E-state index contributed by atoms with van der Waals surface area (Å²) in [5, 5.41) is 4.01. The number of carbonyl (C=O) groups is 1. The van der Waals surface area contributed by atoms with E-state index in [1.54, 1.807) is 12.1 Å². The number of rotatable bonds is 3. The van der Waals surface area contributed by atoms with E-state index in [1.807, 2.05) is 24.4 Å². The summed E-state index contributed by atoms with van der Waals surface area (Å²) in [5.41, 5.74) is 3.20. The molecular formula is C13H16N2O. The van der Waals surface area contributed by atoms with E-state index in [-0.39, 0.29) is 5.91 Å². The number of hydrogen-bond donors (Lipinski definition) is 1. The van der Waals surface area contributed by atoms with Gasteiger partial charge < -0.3 is 0 Å². The van der Waals surface area contributed by atoms with Gasteiger partial charge in [-0.1, -0.05) is 31.0 Å². The molecule has 0 atom stereocenters. The van der Waals surface area contributed by atoms with E-state index in [0.29, 0.717) is 11.5 Å². The van der Waals surface area contributed by atoms with Crippen LogP contribution >= 0.6 is 0 Å². The molecule has 1 aliphatic rings. The number of hydrazone groups is 1. The minimum atomic E-state index is -0.144. The van der Waals surface area contributed by atoms with Crippen molar-refractivity contribution in [3.05, 3.63) is 35.9 Å². The Bertz CT molecular complexity index is 367. The molecule has 1 fully saturated rings. The average molecular weight is 216 g/mol. The third-order valence-electron chi connectivity index (χ3n) is 2.89. The van der Waals surface area contributed by atoms with Crippen LogP contribution in [0.25, 0.3) is 0 Å². The Hall–Kier alpha value is -1.64. The molecule has 0 aromatic heterocycles. The van der Waals surface area contributed by atoms with Crippen LogP contribution in [0.15, 0.2) is 35.4 Å². The Morgan fingerprint density at radius 1 is 1.25 bits per heavy atom. The van der Waals surface area contributed by atoms with Crippen LogP contribution in [0.5, 0.6) is 0 Å². The van der Waals surface area contributed by atoms with Crippen molar-refractivity contribution in [1.29, 1.82) is 0 Å². The zero-order valence-corrected chi connectivity index (χ0v) is 9.23. The SMILES string of the molecule is O=C(NN=CC1CCCC1)c1ccccc1. The predicted molar refractivity (Wildman–Crippen MR) is 64.4 cm³/mol. The normalized spacial score (nSPS) is 16.8. The van der Waals surface area contributed by atoms with Crippen LogP contribution in [0.4, 0.5) is 0 Å². The second kappa shape index (κ2) is 5.45. The third kappa shape index (κ3) is 2.92. The first-order chi connectivity index (χ1) is 7.86. The molecule has 16 heavy (non-hydrogen) atoms. The molecule has 0 unspecified atom stereocenters. The highest BCUT2D eigenvalue weighted by Crippen LogP contribution is 2.22. The molecule has 84 valence electrons. The molecule has 0 saturated heterocycles. The van der Waals surface area contributed by atoms with Crippen LogP contribution in [-0.4, -0.2) is 12.1 Å². The highest BCUT2D eigenvalue weighted by atomic mass is 16.2. The van der Waals surface area contributed by atoms with Gasteiger partial charge in [-0.3, -0.25) is 4.79 Å². The molecule has 0 bridgehead atoms. The summed E-state index contributed by atoms with van der Waals surface area (Å²) in [6.07, 6.45) is 6.83. The van der Waals surface area contributed by atoms with E-state index in [1.165, 1.54) is 25.7 Å². The van der Waals surface area contributed by atoms with Crippen LogP contribution in [0, 0.1) is 5.92 Å². The summed E-state index contributed by atoms with van der Waals surface area (Å²) in [5.74, 6) is 0.408. The van der Waals surface area contributed by atoms with E-state index in [4.69, 9.17) is 0 Å². The zero-order chi connectivity index (χ0) is 11.2. The van der Waals surface area contributed by atoms with Gasteiger partial charge in [0.1, 0.15) is 0 Å². The molecule has 1 aromatic carbocycles. The fraction of sp³-hybridized carbons (Fsp3) is 0.385. The first-order valence-corrected chi connectivity index (χ1v) is 5.75. The minimum absolute atomic E-state index is 0.144. The molecule has 0 heterocycles. The number of hydrogen-bond acceptors (Lipinski definition) is 2. The second-order valence-electron chi connectivity index (χ2n) is 4.13. The van der Waals surface area contributed by atoms with Crippen LogP contribution in [0.1, 0.15) is 36.0 Å². The summed E-state index contributed by atoms with van der Waals surface area (Å²) < 4.78 is 0. The van der Waals surface area contributed by atoms with Crippen LogP contribution in [0.3, 0.4) is 0 Å². The fourth-order valence-electron chi connectivity index (χ4n) is 1.96.